The summed E-state index contributed by atoms with van der Waals surface area (Å²) in [5, 5.41) is 9.16. The van der Waals surface area contributed by atoms with Crippen LogP contribution in [0.2, 0.25) is 0 Å². The third-order valence-corrected chi connectivity index (χ3v) is 3.52. The maximum Gasteiger partial charge on any atom is 0.336 e. The molecule has 0 radical (unpaired) electrons. The van der Waals surface area contributed by atoms with E-state index in [1.165, 1.54) is 6.07 Å². The van der Waals surface area contributed by atoms with E-state index in [1.54, 1.807) is 23.1 Å². The molecule has 4 nitrogen and oxygen atoms in total. The van der Waals surface area contributed by atoms with Crippen molar-refractivity contribution in [1.29, 1.82) is 0 Å². The lowest BCUT2D eigenvalue weighted by Gasteiger charge is -2.16. The topological polar surface area (TPSA) is 57.6 Å². The summed E-state index contributed by atoms with van der Waals surface area (Å²) in [6.07, 6.45) is 0. The van der Waals surface area contributed by atoms with E-state index >= 15 is 0 Å². The van der Waals surface area contributed by atoms with Crippen molar-refractivity contribution in [1.82, 2.24) is 4.90 Å². The first-order valence-corrected chi connectivity index (χ1v) is 6.35. The number of carboxylic acid groups (broad SMARTS) is 1. The highest BCUT2D eigenvalue weighted by atomic mass is 16.4. The number of rotatable bonds is 2. The molecule has 1 aliphatic rings. The Morgan fingerprint density at radius 1 is 0.850 bits per heavy atom. The molecule has 0 atom stereocenters. The number of benzene rings is 2. The zero-order valence-electron chi connectivity index (χ0n) is 10.7. The van der Waals surface area contributed by atoms with E-state index in [0.29, 0.717) is 13.1 Å². The van der Waals surface area contributed by atoms with Crippen LogP contribution < -0.4 is 0 Å². The first-order chi connectivity index (χ1) is 9.66. The van der Waals surface area contributed by atoms with Gasteiger partial charge in [-0.2, -0.15) is 0 Å². The van der Waals surface area contributed by atoms with Crippen molar-refractivity contribution in [2.45, 2.75) is 13.1 Å². The summed E-state index contributed by atoms with van der Waals surface area (Å²) in [4.78, 5) is 25.4. The van der Waals surface area contributed by atoms with Gasteiger partial charge in [0, 0.05) is 13.1 Å². The summed E-state index contributed by atoms with van der Waals surface area (Å²) in [6.45, 7) is 1.06. The molecule has 100 valence electrons. The molecule has 0 unspecified atom stereocenters. The highest BCUT2D eigenvalue weighted by Crippen LogP contribution is 2.24. The zero-order chi connectivity index (χ0) is 14.1. The van der Waals surface area contributed by atoms with Crippen LogP contribution in [0.25, 0.3) is 0 Å². The lowest BCUT2D eigenvalue weighted by atomic mass is 10.1. The molecule has 4 heteroatoms. The van der Waals surface area contributed by atoms with Crippen LogP contribution in [0.3, 0.4) is 0 Å². The molecule has 2 aromatic rings. The fraction of sp³-hybridized carbons (Fsp3) is 0.125. The van der Waals surface area contributed by atoms with Gasteiger partial charge < -0.3 is 10.0 Å². The van der Waals surface area contributed by atoms with Gasteiger partial charge in [-0.15, -0.1) is 0 Å². The molecule has 2 aromatic carbocycles. The fourth-order valence-electron chi connectivity index (χ4n) is 2.50. The Morgan fingerprint density at radius 3 is 1.90 bits per heavy atom. The van der Waals surface area contributed by atoms with Crippen LogP contribution in [0, 0.1) is 0 Å². The number of carbonyl (C=O) groups excluding carboxylic acids is 1. The van der Waals surface area contributed by atoms with E-state index in [4.69, 9.17) is 5.11 Å². The minimum absolute atomic E-state index is 0.0495. The molecule has 1 amide bonds. The van der Waals surface area contributed by atoms with E-state index in [-0.39, 0.29) is 17.0 Å². The average molecular weight is 267 g/mol. The molecule has 1 aliphatic heterocycles. The van der Waals surface area contributed by atoms with Crippen molar-refractivity contribution < 1.29 is 14.7 Å². The molecule has 1 N–H and O–H groups in total. The summed E-state index contributed by atoms with van der Waals surface area (Å²) in [6, 6.07) is 14.2. The van der Waals surface area contributed by atoms with Gasteiger partial charge in [-0.3, -0.25) is 4.79 Å². The quantitative estimate of drug-likeness (QED) is 0.909. The van der Waals surface area contributed by atoms with Gasteiger partial charge in [0.2, 0.25) is 0 Å². The largest absolute Gasteiger partial charge is 0.478 e. The molecule has 0 fully saturated rings. The number of aromatic carboxylic acids is 1. The fourth-order valence-corrected chi connectivity index (χ4v) is 2.50. The van der Waals surface area contributed by atoms with E-state index < -0.39 is 5.97 Å². The second kappa shape index (κ2) is 4.81. The number of amides is 1. The molecule has 0 aliphatic carbocycles. The summed E-state index contributed by atoms with van der Waals surface area (Å²) in [5.74, 6) is -1.31. The number of hydrogen-bond acceptors (Lipinski definition) is 2. The molecular formula is C16H13NO3. The highest BCUT2D eigenvalue weighted by Gasteiger charge is 2.26. The molecule has 0 bridgehead atoms. The summed E-state index contributed by atoms with van der Waals surface area (Å²) >= 11 is 0. The molecule has 0 saturated heterocycles. The lowest BCUT2D eigenvalue weighted by molar-refractivity contribution is 0.0674. The summed E-state index contributed by atoms with van der Waals surface area (Å²) < 4.78 is 0. The predicted octanol–water partition coefficient (Wildman–Crippen LogP) is 2.54. The molecule has 3 rings (SSSR count). The standard InChI is InChI=1S/C16H13NO3/c18-15(13-7-3-4-8-14(13)16(19)20)17-9-11-5-1-2-6-12(11)10-17/h1-8H,9-10H2,(H,19,20). The van der Waals surface area contributed by atoms with Crippen LogP contribution >= 0.6 is 0 Å². The van der Waals surface area contributed by atoms with Crippen molar-refractivity contribution in [3.8, 4) is 0 Å². The second-order valence-electron chi connectivity index (χ2n) is 4.78. The van der Waals surface area contributed by atoms with Crippen molar-refractivity contribution in [3.63, 3.8) is 0 Å². The minimum atomic E-state index is -1.08. The van der Waals surface area contributed by atoms with E-state index in [2.05, 4.69) is 0 Å². The Bertz CT molecular complexity index is 669. The third-order valence-electron chi connectivity index (χ3n) is 3.52. The van der Waals surface area contributed by atoms with Crippen LogP contribution in [-0.4, -0.2) is 21.9 Å². The summed E-state index contributed by atoms with van der Waals surface area (Å²) in [7, 11) is 0. The number of carbonyl (C=O) groups is 2. The predicted molar refractivity (Wildman–Crippen MR) is 73.4 cm³/mol. The Kier molecular flexibility index (Phi) is 2.99. The molecule has 1 heterocycles. The van der Waals surface area contributed by atoms with Gasteiger partial charge in [-0.25, -0.2) is 4.79 Å². The lowest BCUT2D eigenvalue weighted by Crippen LogP contribution is -2.27. The van der Waals surface area contributed by atoms with Crippen LogP contribution in [0.5, 0.6) is 0 Å². The van der Waals surface area contributed by atoms with Gasteiger partial charge in [-0.05, 0) is 23.3 Å². The maximum absolute atomic E-state index is 12.5. The third kappa shape index (κ3) is 2.05. The Balaban J connectivity index is 1.91. The first-order valence-electron chi connectivity index (χ1n) is 6.35. The second-order valence-corrected chi connectivity index (χ2v) is 4.78. The molecule has 0 saturated carbocycles. The monoisotopic (exact) mass is 267 g/mol. The van der Waals surface area contributed by atoms with Crippen molar-refractivity contribution >= 4 is 11.9 Å². The normalized spacial score (nSPS) is 13.1. The van der Waals surface area contributed by atoms with E-state index in [9.17, 15) is 9.59 Å². The van der Waals surface area contributed by atoms with Crippen molar-refractivity contribution in [2.75, 3.05) is 0 Å². The SMILES string of the molecule is O=C(O)c1ccccc1C(=O)N1Cc2ccccc2C1. The van der Waals surface area contributed by atoms with Crippen molar-refractivity contribution in [3.05, 3.63) is 70.8 Å². The van der Waals surface area contributed by atoms with E-state index in [1.807, 2.05) is 24.3 Å². The number of hydrogen-bond donors (Lipinski definition) is 1. The van der Waals surface area contributed by atoms with Crippen LogP contribution in [0.1, 0.15) is 31.8 Å². The smallest absolute Gasteiger partial charge is 0.336 e. The van der Waals surface area contributed by atoms with Gasteiger partial charge in [0.15, 0.2) is 0 Å². The maximum atomic E-state index is 12.5. The Morgan fingerprint density at radius 2 is 1.35 bits per heavy atom. The van der Waals surface area contributed by atoms with Gasteiger partial charge in [-0.1, -0.05) is 36.4 Å². The molecule has 0 aromatic heterocycles. The number of nitrogens with zero attached hydrogens (tertiary/aromatic N) is 1. The highest BCUT2D eigenvalue weighted by molar-refractivity contribution is 6.04. The van der Waals surface area contributed by atoms with Gasteiger partial charge >= 0.3 is 5.97 Å². The van der Waals surface area contributed by atoms with E-state index in [0.717, 1.165) is 11.1 Å². The number of fused-ring (bicyclic) bond motifs is 1. The minimum Gasteiger partial charge on any atom is -0.478 e. The molecule has 0 spiro atoms. The molecular weight excluding hydrogens is 254 g/mol. The average Bonchev–Trinajstić information content (AvgIpc) is 2.90. The molecule has 20 heavy (non-hydrogen) atoms. The van der Waals surface area contributed by atoms with Crippen molar-refractivity contribution in [2.24, 2.45) is 0 Å². The Hall–Kier alpha value is -2.62. The number of carboxylic acids is 1. The van der Waals surface area contributed by atoms with Crippen LogP contribution in [0.15, 0.2) is 48.5 Å². The van der Waals surface area contributed by atoms with Gasteiger partial charge in [0.05, 0.1) is 11.1 Å². The van der Waals surface area contributed by atoms with Crippen LogP contribution in [-0.2, 0) is 13.1 Å². The Labute approximate surface area is 116 Å². The summed E-state index contributed by atoms with van der Waals surface area (Å²) in [5.41, 5.74) is 2.53. The van der Waals surface area contributed by atoms with Gasteiger partial charge in [0.25, 0.3) is 5.91 Å². The van der Waals surface area contributed by atoms with Gasteiger partial charge in [0.1, 0.15) is 0 Å². The zero-order valence-corrected chi connectivity index (χ0v) is 10.7. The first kappa shape index (κ1) is 12.4. The van der Waals surface area contributed by atoms with Crippen LogP contribution in [0.4, 0.5) is 0 Å².